The largest absolute Gasteiger partial charge is 0.309 e. The molecule has 0 aliphatic heterocycles. The van der Waals surface area contributed by atoms with Crippen LogP contribution in [0.3, 0.4) is 0 Å². The SMILES string of the molecule is C[C@H](NCC(C(=O)C(CN[C@@H](C)c1ccccc1)c1ccc(F)cc1)c1ccc(F)cc1)c1ccccc1. The molecule has 0 radical (unpaired) electrons. The first-order valence-electron chi connectivity index (χ1n) is 13.0. The normalized spacial score (nSPS) is 14.4. The predicted octanol–water partition coefficient (Wildman–Crippen LogP) is 7.10. The van der Waals surface area contributed by atoms with E-state index in [-0.39, 0.29) is 29.5 Å². The molecule has 0 amide bonds. The van der Waals surface area contributed by atoms with E-state index in [1.54, 1.807) is 24.3 Å². The van der Waals surface area contributed by atoms with Gasteiger partial charge >= 0.3 is 0 Å². The molecule has 2 N–H and O–H groups in total. The molecule has 0 saturated heterocycles. The van der Waals surface area contributed by atoms with E-state index in [0.717, 1.165) is 22.3 Å². The Labute approximate surface area is 223 Å². The van der Waals surface area contributed by atoms with Crippen LogP contribution in [0.2, 0.25) is 0 Å². The summed E-state index contributed by atoms with van der Waals surface area (Å²) in [6.07, 6.45) is 0. The molecule has 2 unspecified atom stereocenters. The highest BCUT2D eigenvalue weighted by molar-refractivity contribution is 5.92. The topological polar surface area (TPSA) is 41.1 Å². The van der Waals surface area contributed by atoms with Gasteiger partial charge in [-0.05, 0) is 60.4 Å². The first-order valence-corrected chi connectivity index (χ1v) is 13.0. The van der Waals surface area contributed by atoms with Crippen molar-refractivity contribution in [3.63, 3.8) is 0 Å². The number of nitrogens with one attached hydrogen (secondary N) is 2. The van der Waals surface area contributed by atoms with Gasteiger partial charge < -0.3 is 10.6 Å². The zero-order valence-electron chi connectivity index (χ0n) is 21.8. The van der Waals surface area contributed by atoms with Gasteiger partial charge in [0.1, 0.15) is 17.4 Å². The Kier molecular flexibility index (Phi) is 9.52. The summed E-state index contributed by atoms with van der Waals surface area (Å²) in [5, 5.41) is 7.01. The molecule has 3 nitrogen and oxygen atoms in total. The number of hydrogen-bond donors (Lipinski definition) is 2. The third-order valence-corrected chi connectivity index (χ3v) is 7.09. The fourth-order valence-electron chi connectivity index (χ4n) is 4.71. The van der Waals surface area contributed by atoms with Crippen LogP contribution >= 0.6 is 0 Å². The molecule has 0 saturated carbocycles. The highest BCUT2D eigenvalue weighted by atomic mass is 19.1. The maximum Gasteiger partial charge on any atom is 0.150 e. The van der Waals surface area contributed by atoms with Gasteiger partial charge in [-0.25, -0.2) is 8.78 Å². The minimum Gasteiger partial charge on any atom is -0.309 e. The standard InChI is InChI=1S/C33H34F2N2O/c1-23(25-9-5-3-6-10-25)36-21-31(27-13-17-29(34)18-14-27)33(38)32(28-15-19-30(35)20-16-28)22-37-24(2)26-11-7-4-8-12-26/h3-20,23-24,31-32,36-37H,21-22H2,1-2H3/t23-,24-,31?,32?/m0/s1. The molecule has 0 aliphatic rings. The molecule has 4 aromatic carbocycles. The average Bonchev–Trinajstić information content (AvgIpc) is 2.95. The van der Waals surface area contributed by atoms with Crippen molar-refractivity contribution in [2.24, 2.45) is 0 Å². The maximum absolute atomic E-state index is 14.2. The van der Waals surface area contributed by atoms with Gasteiger partial charge in [0.05, 0.1) is 11.8 Å². The molecule has 0 aromatic heterocycles. The number of rotatable bonds is 12. The van der Waals surface area contributed by atoms with E-state index in [2.05, 4.69) is 24.5 Å². The molecule has 0 aliphatic carbocycles. The number of benzene rings is 4. The summed E-state index contributed by atoms with van der Waals surface area (Å²) in [6.45, 7) is 4.88. The molecular weight excluding hydrogens is 478 g/mol. The Morgan fingerprint density at radius 2 is 0.895 bits per heavy atom. The van der Waals surface area contributed by atoms with E-state index in [9.17, 15) is 13.6 Å². The number of Topliss-reactive ketones (excluding diaryl/α,β-unsaturated/α-hetero) is 1. The Bertz CT molecular complexity index is 1180. The molecule has 196 valence electrons. The van der Waals surface area contributed by atoms with Crippen molar-refractivity contribution in [2.75, 3.05) is 13.1 Å². The van der Waals surface area contributed by atoms with Crippen LogP contribution in [0.4, 0.5) is 8.78 Å². The second-order valence-corrected chi connectivity index (χ2v) is 9.69. The van der Waals surface area contributed by atoms with Gasteiger partial charge in [0, 0.05) is 25.2 Å². The molecule has 0 fully saturated rings. The van der Waals surface area contributed by atoms with Crippen molar-refractivity contribution < 1.29 is 13.6 Å². The summed E-state index contributed by atoms with van der Waals surface area (Å²) in [4.78, 5) is 14.2. The van der Waals surface area contributed by atoms with Crippen LogP contribution in [0.25, 0.3) is 0 Å². The second-order valence-electron chi connectivity index (χ2n) is 9.69. The van der Waals surface area contributed by atoms with E-state index in [0.29, 0.717) is 13.1 Å². The van der Waals surface area contributed by atoms with Crippen molar-refractivity contribution in [1.82, 2.24) is 10.6 Å². The summed E-state index contributed by atoms with van der Waals surface area (Å²) in [5.74, 6) is -1.75. The molecule has 5 heteroatoms. The summed E-state index contributed by atoms with van der Waals surface area (Å²) >= 11 is 0. The van der Waals surface area contributed by atoms with Gasteiger partial charge in [0.2, 0.25) is 0 Å². The van der Waals surface area contributed by atoms with Crippen LogP contribution < -0.4 is 10.6 Å². The van der Waals surface area contributed by atoms with E-state index in [1.807, 2.05) is 60.7 Å². The summed E-state index contributed by atoms with van der Waals surface area (Å²) in [7, 11) is 0. The molecule has 4 atom stereocenters. The minimum absolute atomic E-state index is 0.0104. The molecule has 0 bridgehead atoms. The van der Waals surface area contributed by atoms with Gasteiger partial charge in [-0.2, -0.15) is 0 Å². The first-order chi connectivity index (χ1) is 18.4. The Morgan fingerprint density at radius 3 is 1.24 bits per heavy atom. The summed E-state index contributed by atoms with van der Waals surface area (Å²) in [6, 6.07) is 32.4. The van der Waals surface area contributed by atoms with Gasteiger partial charge in [-0.15, -0.1) is 0 Å². The van der Waals surface area contributed by atoms with Gasteiger partial charge in [0.15, 0.2) is 0 Å². The fourth-order valence-corrected chi connectivity index (χ4v) is 4.71. The Morgan fingerprint density at radius 1 is 0.553 bits per heavy atom. The molecule has 0 heterocycles. The molecular formula is C33H34F2N2O. The lowest BCUT2D eigenvalue weighted by atomic mass is 9.83. The zero-order valence-corrected chi connectivity index (χ0v) is 21.8. The lowest BCUT2D eigenvalue weighted by molar-refractivity contribution is -0.121. The maximum atomic E-state index is 14.2. The van der Waals surface area contributed by atoms with Crippen molar-refractivity contribution >= 4 is 5.78 Å². The van der Waals surface area contributed by atoms with Crippen molar-refractivity contribution in [1.29, 1.82) is 0 Å². The number of carbonyl (C=O) groups is 1. The van der Waals surface area contributed by atoms with Crippen molar-refractivity contribution in [3.8, 4) is 0 Å². The lowest BCUT2D eigenvalue weighted by Crippen LogP contribution is -2.36. The second kappa shape index (κ2) is 13.2. The van der Waals surface area contributed by atoms with Gasteiger partial charge in [-0.1, -0.05) is 84.9 Å². The Balaban J connectivity index is 1.60. The van der Waals surface area contributed by atoms with Crippen LogP contribution in [0.1, 0.15) is 60.0 Å². The van der Waals surface area contributed by atoms with Gasteiger partial charge in [0.25, 0.3) is 0 Å². The molecule has 4 aromatic rings. The molecule has 4 rings (SSSR count). The first kappa shape index (κ1) is 27.4. The minimum atomic E-state index is -0.523. The highest BCUT2D eigenvalue weighted by Gasteiger charge is 2.30. The molecule has 0 spiro atoms. The average molecular weight is 513 g/mol. The third kappa shape index (κ3) is 7.21. The third-order valence-electron chi connectivity index (χ3n) is 7.09. The van der Waals surface area contributed by atoms with Crippen LogP contribution in [0, 0.1) is 11.6 Å². The number of hydrogen-bond acceptors (Lipinski definition) is 3. The summed E-state index contributed by atoms with van der Waals surface area (Å²) in [5.41, 5.74) is 3.72. The predicted molar refractivity (Wildman–Crippen MR) is 149 cm³/mol. The van der Waals surface area contributed by atoms with E-state index < -0.39 is 11.8 Å². The van der Waals surface area contributed by atoms with Crippen LogP contribution in [-0.4, -0.2) is 18.9 Å². The van der Waals surface area contributed by atoms with E-state index in [4.69, 9.17) is 0 Å². The number of halogens is 2. The van der Waals surface area contributed by atoms with E-state index >= 15 is 0 Å². The van der Waals surface area contributed by atoms with Crippen molar-refractivity contribution in [3.05, 3.63) is 143 Å². The van der Waals surface area contributed by atoms with Crippen LogP contribution in [-0.2, 0) is 4.79 Å². The Hall–Kier alpha value is -3.67. The van der Waals surface area contributed by atoms with Crippen molar-refractivity contribution in [2.45, 2.75) is 37.8 Å². The fraction of sp³-hybridized carbons (Fsp3) is 0.242. The quantitative estimate of drug-likeness (QED) is 0.213. The zero-order chi connectivity index (χ0) is 26.9. The van der Waals surface area contributed by atoms with Crippen LogP contribution in [0.15, 0.2) is 109 Å². The lowest BCUT2D eigenvalue weighted by Gasteiger charge is -2.27. The van der Waals surface area contributed by atoms with E-state index in [1.165, 1.54) is 24.3 Å². The van der Waals surface area contributed by atoms with Crippen LogP contribution in [0.5, 0.6) is 0 Å². The monoisotopic (exact) mass is 512 g/mol. The van der Waals surface area contributed by atoms with Gasteiger partial charge in [-0.3, -0.25) is 4.79 Å². The molecule has 38 heavy (non-hydrogen) atoms. The number of carbonyl (C=O) groups excluding carboxylic acids is 1. The summed E-state index contributed by atoms with van der Waals surface area (Å²) < 4.78 is 27.5. The smallest absolute Gasteiger partial charge is 0.150 e. The highest BCUT2D eigenvalue weighted by Crippen LogP contribution is 2.28. The number of ketones is 1.